The van der Waals surface area contributed by atoms with Gasteiger partial charge in [-0.2, -0.15) is 0 Å². The van der Waals surface area contributed by atoms with Gasteiger partial charge in [-0.3, -0.25) is 9.69 Å². The van der Waals surface area contributed by atoms with Gasteiger partial charge in [0.15, 0.2) is 11.6 Å². The molecule has 4 nitrogen and oxygen atoms in total. The van der Waals surface area contributed by atoms with Crippen molar-refractivity contribution in [3.63, 3.8) is 0 Å². The highest BCUT2D eigenvalue weighted by molar-refractivity contribution is 5.85. The number of nitrogens with zero attached hydrogens (tertiary/aromatic N) is 1. The van der Waals surface area contributed by atoms with Crippen LogP contribution in [-0.2, 0) is 11.3 Å². The van der Waals surface area contributed by atoms with Gasteiger partial charge in [0.25, 0.3) is 0 Å². The molecule has 3 rings (SSSR count). The maximum atomic E-state index is 13.3. The van der Waals surface area contributed by atoms with Gasteiger partial charge in [0, 0.05) is 32.1 Å². The molecule has 0 radical (unpaired) electrons. The Balaban J connectivity index is 0.00000210. The molecule has 1 atom stereocenters. The largest absolute Gasteiger partial charge is 0.353 e. The molecule has 0 aliphatic carbocycles. The molecule has 1 aromatic rings. The van der Waals surface area contributed by atoms with Crippen molar-refractivity contribution in [2.24, 2.45) is 11.8 Å². The number of likely N-dealkylation sites (tertiary alicyclic amines) is 1. The molecule has 1 unspecified atom stereocenters. The summed E-state index contributed by atoms with van der Waals surface area (Å²) in [4.78, 5) is 14.6. The molecular weight excluding hydrogens is 419 g/mol. The monoisotopic (exact) mass is 451 g/mol. The van der Waals surface area contributed by atoms with Crippen LogP contribution < -0.4 is 10.6 Å². The summed E-state index contributed by atoms with van der Waals surface area (Å²) in [5.41, 5.74) is 0.784. The summed E-state index contributed by atoms with van der Waals surface area (Å²) in [5, 5.41) is 6.57. The molecule has 2 saturated heterocycles. The molecule has 0 spiro atoms. The number of piperidine rings is 2. The van der Waals surface area contributed by atoms with E-state index in [2.05, 4.69) is 22.5 Å². The lowest BCUT2D eigenvalue weighted by molar-refractivity contribution is -0.123. The molecule has 0 saturated carbocycles. The lowest BCUT2D eigenvalue weighted by Gasteiger charge is -2.33. The Hall–Kier alpha value is -0.950. The van der Waals surface area contributed by atoms with Gasteiger partial charge in [0.2, 0.25) is 5.91 Å². The number of hydrogen-bond donors (Lipinski definition) is 2. The highest BCUT2D eigenvalue weighted by Crippen LogP contribution is 2.24. The van der Waals surface area contributed by atoms with E-state index in [1.165, 1.54) is 12.1 Å². The minimum absolute atomic E-state index is 0. The van der Waals surface area contributed by atoms with Gasteiger partial charge in [-0.25, -0.2) is 8.78 Å². The summed E-state index contributed by atoms with van der Waals surface area (Å²) >= 11 is 0. The fraction of sp³-hybridized carbons (Fsp3) is 0.667. The number of benzene rings is 1. The number of nitrogens with one attached hydrogen (secondary N) is 2. The highest BCUT2D eigenvalue weighted by atomic mass is 35.5. The van der Waals surface area contributed by atoms with Crippen molar-refractivity contribution in [3.8, 4) is 0 Å². The van der Waals surface area contributed by atoms with Crippen molar-refractivity contribution in [1.82, 2.24) is 15.5 Å². The van der Waals surface area contributed by atoms with Gasteiger partial charge in [0.05, 0.1) is 0 Å². The van der Waals surface area contributed by atoms with Crippen molar-refractivity contribution in [2.45, 2.75) is 51.6 Å². The van der Waals surface area contributed by atoms with Crippen LogP contribution in [0.2, 0.25) is 0 Å². The van der Waals surface area contributed by atoms with Gasteiger partial charge in [0.1, 0.15) is 0 Å². The predicted molar refractivity (Wildman–Crippen MR) is 117 cm³/mol. The molecule has 2 aliphatic heterocycles. The van der Waals surface area contributed by atoms with Crippen molar-refractivity contribution in [2.75, 3.05) is 26.2 Å². The van der Waals surface area contributed by atoms with Crippen LogP contribution in [0.4, 0.5) is 8.78 Å². The van der Waals surface area contributed by atoms with E-state index in [0.717, 1.165) is 57.4 Å². The summed E-state index contributed by atoms with van der Waals surface area (Å²) in [6.07, 6.45) is 4.74. The third-order valence-corrected chi connectivity index (χ3v) is 6.04. The van der Waals surface area contributed by atoms with Crippen molar-refractivity contribution in [3.05, 3.63) is 35.4 Å². The molecule has 2 heterocycles. The topological polar surface area (TPSA) is 44.4 Å². The molecule has 8 heteroatoms. The first-order chi connectivity index (χ1) is 13.0. The molecule has 1 amide bonds. The minimum atomic E-state index is -0.807. The lowest BCUT2D eigenvalue weighted by atomic mass is 9.84. The smallest absolute Gasteiger partial charge is 0.220 e. The van der Waals surface area contributed by atoms with Crippen LogP contribution in [0.3, 0.4) is 0 Å². The molecule has 0 bridgehead atoms. The zero-order chi connectivity index (χ0) is 19.2. The van der Waals surface area contributed by atoms with Crippen LogP contribution in [0.15, 0.2) is 18.2 Å². The number of amides is 1. The van der Waals surface area contributed by atoms with Crippen LogP contribution in [0.1, 0.15) is 44.6 Å². The SMILES string of the molecule is CC(CC(=O)NC1CCN(Cc2ccc(F)c(F)c2)CC1)C1CCNCC1.Cl.Cl. The normalized spacial score (nSPS) is 19.7. The zero-order valence-electron chi connectivity index (χ0n) is 17.0. The molecule has 1 aromatic carbocycles. The average molecular weight is 452 g/mol. The fourth-order valence-electron chi connectivity index (χ4n) is 4.29. The Bertz CT molecular complexity index is 636. The van der Waals surface area contributed by atoms with Crippen LogP contribution in [0, 0.1) is 23.5 Å². The summed E-state index contributed by atoms with van der Waals surface area (Å²) in [6.45, 7) is 6.65. The molecule has 2 N–H and O–H groups in total. The van der Waals surface area contributed by atoms with E-state index in [0.29, 0.717) is 24.8 Å². The Labute approximate surface area is 185 Å². The van der Waals surface area contributed by atoms with E-state index < -0.39 is 11.6 Å². The van der Waals surface area contributed by atoms with Crippen LogP contribution >= 0.6 is 24.8 Å². The zero-order valence-corrected chi connectivity index (χ0v) is 18.6. The van der Waals surface area contributed by atoms with E-state index >= 15 is 0 Å². The lowest BCUT2D eigenvalue weighted by Crippen LogP contribution is -2.45. The molecule has 29 heavy (non-hydrogen) atoms. The molecule has 0 aromatic heterocycles. The Morgan fingerprint density at radius 2 is 1.79 bits per heavy atom. The fourth-order valence-corrected chi connectivity index (χ4v) is 4.29. The van der Waals surface area contributed by atoms with Crippen LogP contribution in [0.5, 0.6) is 0 Å². The summed E-state index contributed by atoms with van der Waals surface area (Å²) in [5.74, 6) is -0.355. The Morgan fingerprint density at radius 3 is 2.41 bits per heavy atom. The minimum Gasteiger partial charge on any atom is -0.353 e. The highest BCUT2D eigenvalue weighted by Gasteiger charge is 2.25. The van der Waals surface area contributed by atoms with E-state index in [9.17, 15) is 13.6 Å². The maximum Gasteiger partial charge on any atom is 0.220 e. The van der Waals surface area contributed by atoms with Gasteiger partial charge in [-0.05, 0) is 68.3 Å². The van der Waals surface area contributed by atoms with Gasteiger partial charge in [-0.1, -0.05) is 13.0 Å². The first kappa shape index (κ1) is 26.1. The number of carbonyl (C=O) groups excluding carboxylic acids is 1. The van der Waals surface area contributed by atoms with E-state index in [4.69, 9.17) is 0 Å². The Morgan fingerprint density at radius 1 is 1.14 bits per heavy atom. The quantitative estimate of drug-likeness (QED) is 0.688. The molecule has 166 valence electrons. The van der Waals surface area contributed by atoms with Gasteiger partial charge < -0.3 is 10.6 Å². The number of carbonyl (C=O) groups is 1. The van der Waals surface area contributed by atoms with Crippen molar-refractivity contribution in [1.29, 1.82) is 0 Å². The molecule has 2 aliphatic rings. The summed E-state index contributed by atoms with van der Waals surface area (Å²) in [7, 11) is 0. The maximum absolute atomic E-state index is 13.3. The third kappa shape index (κ3) is 8.00. The predicted octanol–water partition coefficient (Wildman–Crippen LogP) is 3.91. The van der Waals surface area contributed by atoms with Crippen molar-refractivity contribution >= 4 is 30.7 Å². The Kier molecular flexibility index (Phi) is 11.4. The number of halogens is 4. The number of rotatable bonds is 6. The second-order valence-electron chi connectivity index (χ2n) is 8.14. The first-order valence-corrected chi connectivity index (χ1v) is 10.2. The summed E-state index contributed by atoms with van der Waals surface area (Å²) < 4.78 is 26.4. The standard InChI is InChI=1S/C21H31F2N3O.2ClH/c1-15(17-4-8-24-9-5-17)12-21(27)25-18-6-10-26(11-7-18)14-16-2-3-19(22)20(23)13-16;;/h2-3,13,15,17-18,24H,4-12,14H2,1H3,(H,25,27);2*1H. The van der Waals surface area contributed by atoms with E-state index in [1.807, 2.05) is 0 Å². The average Bonchev–Trinajstić information content (AvgIpc) is 2.67. The molecule has 2 fully saturated rings. The second kappa shape index (κ2) is 12.7. The van der Waals surface area contributed by atoms with Crippen molar-refractivity contribution < 1.29 is 13.6 Å². The molecular formula is C21H33Cl2F2N3O. The van der Waals surface area contributed by atoms with Gasteiger partial charge >= 0.3 is 0 Å². The third-order valence-electron chi connectivity index (χ3n) is 6.04. The van der Waals surface area contributed by atoms with E-state index in [1.54, 1.807) is 6.07 Å². The van der Waals surface area contributed by atoms with Gasteiger partial charge in [-0.15, -0.1) is 24.8 Å². The summed E-state index contributed by atoms with van der Waals surface area (Å²) in [6, 6.07) is 4.31. The number of hydrogen-bond acceptors (Lipinski definition) is 3. The van der Waals surface area contributed by atoms with E-state index in [-0.39, 0.29) is 36.8 Å². The second-order valence-corrected chi connectivity index (χ2v) is 8.14. The van der Waals surface area contributed by atoms with Crippen LogP contribution in [-0.4, -0.2) is 43.0 Å². The van der Waals surface area contributed by atoms with Crippen LogP contribution in [0.25, 0.3) is 0 Å². The first-order valence-electron chi connectivity index (χ1n) is 10.2.